The lowest BCUT2D eigenvalue weighted by molar-refractivity contribution is 0.0332. The molecule has 12 heterocycles. The number of morpholine rings is 9. The normalized spacial score (nSPS) is 17.7. The van der Waals surface area contributed by atoms with Gasteiger partial charge in [-0.15, -0.1) is 0 Å². The molecule has 7 aromatic carbocycles. The van der Waals surface area contributed by atoms with Crippen LogP contribution < -0.4 is 0 Å². The summed E-state index contributed by atoms with van der Waals surface area (Å²) in [6.07, 6.45) is 7.47. The van der Waals surface area contributed by atoms with Gasteiger partial charge in [-0.1, -0.05) is 114 Å². The van der Waals surface area contributed by atoms with Crippen LogP contribution in [0.2, 0.25) is 5.02 Å². The first-order valence-corrected chi connectivity index (χ1v) is 49.3. The molecule has 10 aromatic rings. The molecule has 19 rings (SSSR count). The molecular weight excluding hydrogens is 1760 g/mol. The third-order valence-corrected chi connectivity index (χ3v) is 25.4. The molecular formula is C109H146ClF2N17O9. The fourth-order valence-electron chi connectivity index (χ4n) is 16.6. The van der Waals surface area contributed by atoms with Crippen LogP contribution in [-0.4, -0.2) is 311 Å². The molecule has 9 saturated heterocycles. The summed E-state index contributed by atoms with van der Waals surface area (Å²) in [5, 5.41) is 20.9. The van der Waals surface area contributed by atoms with Crippen LogP contribution in [-0.2, 0) is 102 Å². The lowest BCUT2D eigenvalue weighted by Crippen LogP contribution is -2.36. The summed E-state index contributed by atoms with van der Waals surface area (Å²) in [6.45, 7) is 67.3. The van der Waals surface area contributed by atoms with Gasteiger partial charge in [0.2, 0.25) is 0 Å². The molecule has 0 aliphatic carbocycles. The molecule has 0 amide bonds. The average molecular weight is 1910 g/mol. The minimum atomic E-state index is -0.455. The summed E-state index contributed by atoms with van der Waals surface area (Å²) in [4.78, 5) is 41.5. The van der Waals surface area contributed by atoms with E-state index in [0.29, 0.717) is 25.3 Å². The van der Waals surface area contributed by atoms with E-state index in [1.54, 1.807) is 6.92 Å². The zero-order chi connectivity index (χ0) is 97.4. The first-order valence-electron chi connectivity index (χ1n) is 48.9. The number of benzene rings is 7. The van der Waals surface area contributed by atoms with Crippen LogP contribution in [0.15, 0.2) is 158 Å². The van der Waals surface area contributed by atoms with Gasteiger partial charge in [-0.25, -0.2) is 23.6 Å². The monoisotopic (exact) mass is 1910 g/mol. The molecule has 0 spiro atoms. The van der Waals surface area contributed by atoms with Gasteiger partial charge in [-0.3, -0.25) is 54.1 Å². The van der Waals surface area contributed by atoms with Crippen molar-refractivity contribution in [1.29, 1.82) is 5.26 Å². The Bertz CT molecular complexity index is 5130. The van der Waals surface area contributed by atoms with E-state index in [-0.39, 0.29) is 5.56 Å². The minimum Gasteiger partial charge on any atom is -0.379 e. The molecule has 9 aliphatic heterocycles. The van der Waals surface area contributed by atoms with Crippen LogP contribution in [0.5, 0.6) is 0 Å². The maximum absolute atomic E-state index is 13.6. The maximum atomic E-state index is 13.6. The Morgan fingerprint density at radius 3 is 1.15 bits per heavy atom. The van der Waals surface area contributed by atoms with Crippen molar-refractivity contribution >= 4 is 28.1 Å². The zero-order valence-electron chi connectivity index (χ0n) is 83.2. The SMILES string of the molecule is Cc1cc(F)c(CN2CCOCC2)c(F)c1.Cc1ccc(CN2CCOCC2)c(C#N)c1.Cc1ccc(CN2CCOCC2)c(C)c1.Cc1ccc(CN2CCOCC2)c2ccccc12.Cc1ccc(CN2CCOCC2)cc1Cl.Cc1ccc(CN2CCOCC2)nn1.Cc1cnc(CN2CCOCC2)cn1.Cc1ncc(CN2CCOCC2)cn1.[C-]#[N+]c1cc(CN2CCOCC2)ccc1C. The molecule has 0 N–H and O–H groups in total. The van der Waals surface area contributed by atoms with Crippen LogP contribution in [0.1, 0.15) is 112 Å². The van der Waals surface area contributed by atoms with Crippen molar-refractivity contribution in [1.82, 2.24) is 74.2 Å². The van der Waals surface area contributed by atoms with Crippen molar-refractivity contribution in [3.8, 4) is 6.07 Å². The lowest BCUT2D eigenvalue weighted by Gasteiger charge is -2.27. The van der Waals surface area contributed by atoms with Crippen molar-refractivity contribution in [2.24, 2.45) is 0 Å². The Morgan fingerprint density at radius 2 is 0.717 bits per heavy atom. The average Bonchev–Trinajstić information content (AvgIpc) is 0.803. The van der Waals surface area contributed by atoms with Gasteiger partial charge in [0, 0.05) is 218 Å². The number of hydrogen-bond acceptors (Lipinski definition) is 25. The Labute approximate surface area is 823 Å². The molecule has 9 fully saturated rings. The van der Waals surface area contributed by atoms with Gasteiger partial charge in [0.15, 0.2) is 5.69 Å². The summed E-state index contributed by atoms with van der Waals surface area (Å²) < 4.78 is 74.8. The number of fused-ring (bicyclic) bond motifs is 1. The van der Waals surface area contributed by atoms with Gasteiger partial charge in [0.25, 0.3) is 0 Å². The van der Waals surface area contributed by atoms with Gasteiger partial charge in [0.1, 0.15) is 17.5 Å². The van der Waals surface area contributed by atoms with Gasteiger partial charge in [-0.05, 0) is 178 Å². The maximum Gasteiger partial charge on any atom is 0.190 e. The Hall–Kier alpha value is -9.55. The van der Waals surface area contributed by atoms with Crippen molar-refractivity contribution in [2.45, 2.75) is 128 Å². The van der Waals surface area contributed by atoms with Crippen LogP contribution in [0, 0.1) is 98.8 Å². The third kappa shape index (κ3) is 39.5. The van der Waals surface area contributed by atoms with Crippen LogP contribution in [0.25, 0.3) is 15.6 Å². The zero-order valence-corrected chi connectivity index (χ0v) is 84.0. The van der Waals surface area contributed by atoms with E-state index in [4.69, 9.17) is 66.1 Å². The van der Waals surface area contributed by atoms with Crippen LogP contribution in [0.3, 0.4) is 0 Å². The standard InChI is InChI=1S/C16H19NO.2C13H16N2O.C13H19NO.C12H16ClNO.C12H15F2NO.3C10H15N3O/c1-13-6-7-14(12-17-8-10-18-11-9-17)16-5-3-2-4-15(13)16;1-11-3-4-12(9-13(11)14-2)10-15-5-7-16-8-6-15;1-11-2-3-12(13(8-11)9-14)10-15-4-6-16-7-5-15;1-11-3-4-13(12(2)9-11)10-14-5-7-15-8-6-14;1-10-2-3-11(8-12(10)13)9-14-4-6-15-7-5-14;1-9-6-11(13)10(12(14)7-9)8-15-2-4-16-5-3-15;1-9-11-6-10(7-12-9)8-13-2-4-14-5-3-13;1-9-6-12-10(7-11-9)8-13-2-4-14-5-3-13;1-9-2-3-10(12-11-9)8-13-4-6-14-7-5-13/h2-7H,8-12H2,1H3;3-4,9H,5-8,10H2,1H3;2-3,8H,4-7,10H2,1H3;3-4,9H,5-8,10H2,1-2H3;2-3,8H,4-7,9H2,1H3;6-7H,2-5,8H2,1H3;2*6-7H,2-5,8H2,1H3;2-3H,4-8H2,1H3. The molecule has 138 heavy (non-hydrogen) atoms. The third-order valence-electron chi connectivity index (χ3n) is 25.0. The van der Waals surface area contributed by atoms with E-state index in [2.05, 4.69) is 192 Å². The number of rotatable bonds is 18. The largest absolute Gasteiger partial charge is 0.379 e. The Kier molecular flexibility index (Phi) is 47.8. The predicted molar refractivity (Wildman–Crippen MR) is 540 cm³/mol. The van der Waals surface area contributed by atoms with Gasteiger partial charge in [0.05, 0.1) is 160 Å². The number of halogens is 3. The molecule has 0 atom stereocenters. The summed E-state index contributed by atoms with van der Waals surface area (Å²) >= 11 is 6.09. The van der Waals surface area contributed by atoms with E-state index < -0.39 is 11.6 Å². The second-order valence-corrected chi connectivity index (χ2v) is 36.7. The Balaban J connectivity index is 0.000000149. The highest BCUT2D eigenvalue weighted by molar-refractivity contribution is 6.31. The topological polar surface area (TPSA) is 218 Å². The molecule has 3 aromatic heterocycles. The molecule has 9 aliphatic rings. The minimum absolute atomic E-state index is 0.160. The van der Waals surface area contributed by atoms with E-state index >= 15 is 0 Å². The second kappa shape index (κ2) is 60.6. The van der Waals surface area contributed by atoms with E-state index in [9.17, 15) is 8.78 Å². The number of ether oxygens (including phenoxy) is 9. The van der Waals surface area contributed by atoms with Crippen LogP contribution >= 0.6 is 11.6 Å². The number of nitriles is 1. The van der Waals surface area contributed by atoms with Gasteiger partial charge < -0.3 is 42.6 Å². The molecule has 0 unspecified atom stereocenters. The first kappa shape index (κ1) is 109. The van der Waals surface area contributed by atoms with Crippen molar-refractivity contribution < 1.29 is 51.4 Å². The van der Waals surface area contributed by atoms with E-state index in [1.165, 1.54) is 67.4 Å². The second-order valence-electron chi connectivity index (χ2n) is 36.3. The fourth-order valence-corrected chi connectivity index (χ4v) is 16.8. The van der Waals surface area contributed by atoms with Crippen molar-refractivity contribution in [3.63, 3.8) is 0 Å². The summed E-state index contributed by atoms with van der Waals surface area (Å²) in [5.41, 5.74) is 21.5. The molecule has 0 radical (unpaired) electrons. The van der Waals surface area contributed by atoms with Crippen molar-refractivity contribution in [2.75, 3.05) is 237 Å². The molecule has 0 bridgehead atoms. The predicted octanol–water partition coefficient (Wildman–Crippen LogP) is 15.6. The highest BCUT2D eigenvalue weighted by atomic mass is 35.5. The lowest BCUT2D eigenvalue weighted by atomic mass is 10.00. The van der Waals surface area contributed by atoms with E-state index in [1.807, 2.05) is 102 Å². The smallest absolute Gasteiger partial charge is 0.190 e. The number of hydrogen-bond donors (Lipinski definition) is 0. The first-order chi connectivity index (χ1) is 67.1. The van der Waals surface area contributed by atoms with Gasteiger partial charge in [-0.2, -0.15) is 15.5 Å². The fraction of sp³-hybridized carbons (Fsp3) is 0.505. The van der Waals surface area contributed by atoms with E-state index in [0.717, 1.165) is 343 Å². The highest BCUT2D eigenvalue weighted by Gasteiger charge is 2.22. The number of aromatic nitrogens is 6. The summed E-state index contributed by atoms with van der Waals surface area (Å²) in [6, 6.07) is 47.5. The molecule has 0 saturated carbocycles. The van der Waals surface area contributed by atoms with Crippen molar-refractivity contribution in [3.05, 3.63) is 298 Å². The van der Waals surface area contributed by atoms with Crippen LogP contribution in [0.4, 0.5) is 14.5 Å². The summed E-state index contributed by atoms with van der Waals surface area (Å²) in [5.74, 6) is -0.0799. The molecule has 742 valence electrons. The highest BCUT2D eigenvalue weighted by Crippen LogP contribution is 2.27. The number of nitrogens with zero attached hydrogens (tertiary/aromatic N) is 17. The van der Waals surface area contributed by atoms with Gasteiger partial charge >= 0.3 is 0 Å². The number of aryl methyl sites for hydroxylation is 10. The molecule has 26 nitrogen and oxygen atoms in total. The quantitative estimate of drug-likeness (QED) is 0.0729. The Morgan fingerprint density at radius 1 is 0.326 bits per heavy atom. The molecule has 29 heteroatoms. The summed E-state index contributed by atoms with van der Waals surface area (Å²) in [7, 11) is 0.